The highest BCUT2D eigenvalue weighted by Gasteiger charge is 2.06. The van der Waals surface area contributed by atoms with Gasteiger partial charge < -0.3 is 0 Å². The quantitative estimate of drug-likeness (QED) is 0.269. The Morgan fingerprint density at radius 2 is 0.950 bits per heavy atom. The van der Waals surface area contributed by atoms with Crippen LogP contribution >= 0.6 is 0 Å². The second-order valence-corrected chi connectivity index (χ2v) is 7.01. The second kappa shape index (κ2) is 15.4. The van der Waals surface area contributed by atoms with Gasteiger partial charge in [-0.3, -0.25) is 0 Å². The lowest BCUT2D eigenvalue weighted by Crippen LogP contribution is -2.01. The first kappa shape index (κ1) is 20.0. The minimum atomic E-state index is 0.836. The molecule has 0 spiro atoms. The van der Waals surface area contributed by atoms with Crippen LogP contribution in [0.15, 0.2) is 0 Å². The molecule has 0 fully saturated rings. The summed E-state index contributed by atoms with van der Waals surface area (Å²) in [7, 11) is 0. The molecule has 0 nitrogen and oxygen atoms in total. The highest BCUT2D eigenvalue weighted by molar-refractivity contribution is 4.83. The van der Waals surface area contributed by atoms with Crippen molar-refractivity contribution in [2.45, 2.75) is 118 Å². The lowest BCUT2D eigenvalue weighted by atomic mass is 9.92. The molecule has 0 heteroatoms. The fourth-order valence-corrected chi connectivity index (χ4v) is 2.76. The third kappa shape index (κ3) is 14.4. The van der Waals surface area contributed by atoms with Gasteiger partial charge in [-0.05, 0) is 11.8 Å². The molecule has 0 aromatic heterocycles. The summed E-state index contributed by atoms with van der Waals surface area (Å²) in [5.41, 5.74) is 0. The number of rotatable bonds is 15. The van der Waals surface area contributed by atoms with Gasteiger partial charge in [-0.25, -0.2) is 0 Å². The van der Waals surface area contributed by atoms with Crippen LogP contribution in [0.1, 0.15) is 118 Å². The Balaban J connectivity index is 3.03. The molecule has 0 bridgehead atoms. The van der Waals surface area contributed by atoms with Crippen LogP contribution in [0, 0.1) is 11.8 Å². The zero-order valence-corrected chi connectivity index (χ0v) is 15.0. The smallest absolute Gasteiger partial charge is 0.0275 e. The van der Waals surface area contributed by atoms with Crippen LogP contribution in [0.5, 0.6) is 0 Å². The van der Waals surface area contributed by atoms with Crippen LogP contribution in [0.4, 0.5) is 0 Å². The second-order valence-electron chi connectivity index (χ2n) is 7.01. The predicted octanol–water partition coefficient (Wildman–Crippen LogP) is 7.72. The molecule has 1 atom stereocenters. The largest absolute Gasteiger partial charge is 0.0654 e. The maximum atomic E-state index is 2.37. The van der Waals surface area contributed by atoms with E-state index in [2.05, 4.69) is 27.7 Å². The van der Waals surface area contributed by atoms with Gasteiger partial charge in [0.05, 0.1) is 0 Å². The zero-order valence-electron chi connectivity index (χ0n) is 15.0. The van der Waals surface area contributed by atoms with E-state index in [1.54, 1.807) is 5.92 Å². The van der Waals surface area contributed by atoms with E-state index in [0.29, 0.717) is 0 Å². The van der Waals surface area contributed by atoms with Gasteiger partial charge in [0.15, 0.2) is 0 Å². The molecule has 121 valence electrons. The first-order valence-corrected chi connectivity index (χ1v) is 9.48. The van der Waals surface area contributed by atoms with Crippen LogP contribution in [-0.2, 0) is 0 Å². The molecule has 0 saturated carbocycles. The van der Waals surface area contributed by atoms with Crippen LogP contribution in [0.25, 0.3) is 0 Å². The van der Waals surface area contributed by atoms with E-state index in [1.165, 1.54) is 89.9 Å². The molecule has 0 heterocycles. The molecule has 0 aliphatic rings. The van der Waals surface area contributed by atoms with E-state index in [-0.39, 0.29) is 0 Å². The summed E-state index contributed by atoms with van der Waals surface area (Å²) in [6, 6.07) is 0. The van der Waals surface area contributed by atoms with E-state index < -0.39 is 0 Å². The van der Waals surface area contributed by atoms with Gasteiger partial charge >= 0.3 is 0 Å². The lowest BCUT2D eigenvalue weighted by Gasteiger charge is -2.14. The molecule has 0 rings (SSSR count). The fraction of sp³-hybridized carbons (Fsp3) is 0.950. The summed E-state index contributed by atoms with van der Waals surface area (Å²) in [5.74, 6) is 2.44. The van der Waals surface area contributed by atoms with Crippen molar-refractivity contribution in [1.29, 1.82) is 0 Å². The first-order valence-electron chi connectivity index (χ1n) is 9.48. The van der Waals surface area contributed by atoms with E-state index in [1.807, 2.05) is 0 Å². The molecule has 0 N–H and O–H groups in total. The van der Waals surface area contributed by atoms with Crippen LogP contribution < -0.4 is 0 Å². The van der Waals surface area contributed by atoms with E-state index in [0.717, 1.165) is 5.92 Å². The third-order valence-corrected chi connectivity index (χ3v) is 4.73. The zero-order chi connectivity index (χ0) is 15.1. The first-order chi connectivity index (χ1) is 9.68. The standard InChI is InChI=1S/C20H41/c1-5-6-7-8-9-10-11-12-13-14-15-16-17-18-20(4)19(2)3/h20H,5-18H2,1-4H3. The van der Waals surface area contributed by atoms with Gasteiger partial charge in [-0.15, -0.1) is 0 Å². The highest BCUT2D eigenvalue weighted by Crippen LogP contribution is 2.20. The summed E-state index contributed by atoms with van der Waals surface area (Å²) in [6.07, 6.45) is 20.4. The summed E-state index contributed by atoms with van der Waals surface area (Å²) >= 11 is 0. The topological polar surface area (TPSA) is 0 Å². The number of unbranched alkanes of at least 4 members (excludes halogenated alkanes) is 12. The number of hydrogen-bond acceptors (Lipinski definition) is 0. The van der Waals surface area contributed by atoms with E-state index in [9.17, 15) is 0 Å². The summed E-state index contributed by atoms with van der Waals surface area (Å²) in [4.78, 5) is 0. The van der Waals surface area contributed by atoms with Crippen LogP contribution in [0.3, 0.4) is 0 Å². The van der Waals surface area contributed by atoms with Crippen molar-refractivity contribution in [2.24, 2.45) is 5.92 Å². The molecule has 0 aliphatic heterocycles. The Morgan fingerprint density at radius 3 is 1.30 bits per heavy atom. The Labute approximate surface area is 130 Å². The maximum absolute atomic E-state index is 2.37. The highest BCUT2D eigenvalue weighted by atomic mass is 14.1. The van der Waals surface area contributed by atoms with E-state index >= 15 is 0 Å². The summed E-state index contributed by atoms with van der Waals surface area (Å²) in [5, 5.41) is 0. The summed E-state index contributed by atoms with van der Waals surface area (Å²) < 4.78 is 0. The molecule has 0 amide bonds. The Morgan fingerprint density at radius 1 is 0.600 bits per heavy atom. The fourth-order valence-electron chi connectivity index (χ4n) is 2.76. The third-order valence-electron chi connectivity index (χ3n) is 4.73. The van der Waals surface area contributed by atoms with Gasteiger partial charge in [0.25, 0.3) is 0 Å². The minimum absolute atomic E-state index is 0.836. The average Bonchev–Trinajstić information content (AvgIpc) is 2.43. The monoisotopic (exact) mass is 281 g/mol. The molecule has 0 aromatic rings. The van der Waals surface area contributed by atoms with Crippen molar-refractivity contribution in [3.05, 3.63) is 5.92 Å². The van der Waals surface area contributed by atoms with Gasteiger partial charge in [-0.1, -0.05) is 118 Å². The number of hydrogen-bond donors (Lipinski definition) is 0. The Bertz CT molecular complexity index is 171. The van der Waals surface area contributed by atoms with Crippen molar-refractivity contribution in [2.75, 3.05) is 0 Å². The molecule has 1 unspecified atom stereocenters. The molecule has 0 aromatic carbocycles. The maximum Gasteiger partial charge on any atom is -0.0275 e. The van der Waals surface area contributed by atoms with Gasteiger partial charge in [0, 0.05) is 0 Å². The van der Waals surface area contributed by atoms with Crippen LogP contribution in [0.2, 0.25) is 0 Å². The van der Waals surface area contributed by atoms with Crippen LogP contribution in [-0.4, -0.2) is 0 Å². The molecule has 0 aliphatic carbocycles. The van der Waals surface area contributed by atoms with E-state index in [4.69, 9.17) is 0 Å². The average molecular weight is 282 g/mol. The molecular weight excluding hydrogens is 240 g/mol. The molecule has 0 saturated heterocycles. The molecule has 1 radical (unpaired) electrons. The summed E-state index contributed by atoms with van der Waals surface area (Å²) in [6.45, 7) is 9.21. The van der Waals surface area contributed by atoms with Crippen molar-refractivity contribution >= 4 is 0 Å². The minimum Gasteiger partial charge on any atom is -0.0654 e. The van der Waals surface area contributed by atoms with Crippen molar-refractivity contribution in [1.82, 2.24) is 0 Å². The van der Waals surface area contributed by atoms with Gasteiger partial charge in [-0.2, -0.15) is 0 Å². The van der Waals surface area contributed by atoms with Crippen molar-refractivity contribution < 1.29 is 0 Å². The molecule has 20 heavy (non-hydrogen) atoms. The normalized spacial score (nSPS) is 13.1. The molecular formula is C20H41. The van der Waals surface area contributed by atoms with Crippen molar-refractivity contribution in [3.63, 3.8) is 0 Å². The lowest BCUT2D eigenvalue weighted by molar-refractivity contribution is 0.489. The predicted molar refractivity (Wildman–Crippen MR) is 94.1 cm³/mol. The SMILES string of the molecule is CCCCCCCCCCCCCCCC(C)[C](C)C. The van der Waals surface area contributed by atoms with Gasteiger partial charge in [0.2, 0.25) is 0 Å². The van der Waals surface area contributed by atoms with Gasteiger partial charge in [0.1, 0.15) is 0 Å². The Kier molecular flexibility index (Phi) is 15.4. The van der Waals surface area contributed by atoms with Crippen molar-refractivity contribution in [3.8, 4) is 0 Å². The Hall–Kier alpha value is 0.